The van der Waals surface area contributed by atoms with Gasteiger partial charge in [-0.25, -0.2) is 0 Å². The number of benzene rings is 5. The van der Waals surface area contributed by atoms with Crippen molar-refractivity contribution in [2.24, 2.45) is 0 Å². The Hall–Kier alpha value is -5.78. The SMILES string of the molecule is N#Cc1cccc(C#N)c1-c1cc2c3c(c1)-n1c4ccccc4c4cccc(c41)B3C1=CCCc3c1n-2c1ccccc31. The van der Waals surface area contributed by atoms with Gasteiger partial charge in [-0.05, 0) is 76.8 Å². The van der Waals surface area contributed by atoms with Gasteiger partial charge in [0.15, 0.2) is 0 Å². The fourth-order valence-corrected chi connectivity index (χ4v) is 8.33. The Bertz CT molecular complexity index is 2510. The average Bonchev–Trinajstić information content (AvgIpc) is 3.59. The molecule has 0 saturated heterocycles. The van der Waals surface area contributed by atoms with Gasteiger partial charge in [0.05, 0.1) is 34.3 Å². The number of aromatic nitrogens is 2. The molecule has 0 radical (unpaired) electrons. The molecule has 0 N–H and O–H groups in total. The maximum atomic E-state index is 10.2. The van der Waals surface area contributed by atoms with Crippen LogP contribution in [-0.2, 0) is 6.42 Å². The normalized spacial score (nSPS) is 13.9. The average molecular weight is 544 g/mol. The zero-order valence-corrected chi connectivity index (χ0v) is 23.1. The first-order chi connectivity index (χ1) is 21.3. The van der Waals surface area contributed by atoms with E-state index in [2.05, 4.69) is 106 Å². The van der Waals surface area contributed by atoms with Crippen molar-refractivity contribution >= 4 is 55.8 Å². The molecular weight excluding hydrogens is 523 g/mol. The molecule has 10 rings (SSSR count). The van der Waals surface area contributed by atoms with E-state index >= 15 is 0 Å². The van der Waals surface area contributed by atoms with Crippen molar-refractivity contribution in [3.8, 4) is 34.6 Å². The number of hydrogen-bond donors (Lipinski definition) is 0. The summed E-state index contributed by atoms with van der Waals surface area (Å²) in [6.07, 6.45) is 4.51. The molecule has 0 saturated carbocycles. The Morgan fingerprint density at radius 2 is 1.33 bits per heavy atom. The molecule has 0 unspecified atom stereocenters. The first kappa shape index (κ1) is 22.9. The second kappa shape index (κ2) is 7.94. The minimum atomic E-state index is 0.0945. The fraction of sp³-hybridized carbons (Fsp3) is 0.0526. The van der Waals surface area contributed by atoms with E-state index in [9.17, 15) is 10.5 Å². The Labute approximate surface area is 248 Å². The Kier molecular flexibility index (Phi) is 4.22. The van der Waals surface area contributed by atoms with Crippen LogP contribution >= 0.6 is 0 Å². The molecule has 1 aliphatic carbocycles. The summed E-state index contributed by atoms with van der Waals surface area (Å²) < 4.78 is 4.90. The molecule has 7 aromatic rings. The topological polar surface area (TPSA) is 57.4 Å². The van der Waals surface area contributed by atoms with Crippen LogP contribution in [0.2, 0.25) is 0 Å². The molecule has 4 heterocycles. The summed E-state index contributed by atoms with van der Waals surface area (Å²) in [6, 6.07) is 38.8. The van der Waals surface area contributed by atoms with Crippen molar-refractivity contribution in [3.63, 3.8) is 0 Å². The first-order valence-corrected chi connectivity index (χ1v) is 14.8. The van der Waals surface area contributed by atoms with Gasteiger partial charge >= 0.3 is 0 Å². The van der Waals surface area contributed by atoms with Gasteiger partial charge in [0.25, 0.3) is 6.71 Å². The van der Waals surface area contributed by atoms with E-state index in [-0.39, 0.29) is 6.71 Å². The van der Waals surface area contributed by atoms with Crippen molar-refractivity contribution in [1.82, 2.24) is 9.13 Å². The number of para-hydroxylation sites is 3. The van der Waals surface area contributed by atoms with E-state index in [1.807, 2.05) is 12.1 Å². The van der Waals surface area contributed by atoms with Crippen LogP contribution in [0, 0.1) is 22.7 Å². The summed E-state index contributed by atoms with van der Waals surface area (Å²) in [5, 5.41) is 24.1. The molecule has 0 atom stereocenters. The summed E-state index contributed by atoms with van der Waals surface area (Å²) in [4.78, 5) is 0. The van der Waals surface area contributed by atoms with Crippen LogP contribution in [0.15, 0.2) is 103 Å². The van der Waals surface area contributed by atoms with Crippen molar-refractivity contribution < 1.29 is 0 Å². The summed E-state index contributed by atoms with van der Waals surface area (Å²) in [7, 11) is 0. The highest BCUT2D eigenvalue weighted by molar-refractivity contribution is 7.03. The third-order valence-electron chi connectivity index (χ3n) is 9.86. The summed E-state index contributed by atoms with van der Waals surface area (Å²) in [5.74, 6) is 0. The van der Waals surface area contributed by atoms with Crippen LogP contribution in [0.4, 0.5) is 0 Å². The van der Waals surface area contributed by atoms with Crippen molar-refractivity contribution in [1.29, 1.82) is 10.5 Å². The highest BCUT2D eigenvalue weighted by Gasteiger charge is 2.44. The Morgan fingerprint density at radius 3 is 2.09 bits per heavy atom. The molecule has 0 fully saturated rings. The number of allylic oxidation sites excluding steroid dienone is 1. The number of nitriles is 2. The van der Waals surface area contributed by atoms with E-state index in [1.165, 1.54) is 60.4 Å². The van der Waals surface area contributed by atoms with Crippen LogP contribution in [-0.4, -0.2) is 15.8 Å². The maximum Gasteiger partial charge on any atom is 0.251 e. The van der Waals surface area contributed by atoms with Crippen molar-refractivity contribution in [2.45, 2.75) is 12.8 Å². The van der Waals surface area contributed by atoms with E-state index in [0.717, 1.165) is 29.8 Å². The van der Waals surface area contributed by atoms with Crippen LogP contribution in [0.1, 0.15) is 28.8 Å². The molecule has 196 valence electrons. The largest absolute Gasteiger partial charge is 0.311 e. The minimum absolute atomic E-state index is 0.0945. The molecule has 3 aliphatic rings. The second-order valence-electron chi connectivity index (χ2n) is 11.8. The molecule has 4 nitrogen and oxygen atoms in total. The van der Waals surface area contributed by atoms with E-state index < -0.39 is 0 Å². The summed E-state index contributed by atoms with van der Waals surface area (Å²) in [6.45, 7) is 0.0945. The Balaban J connectivity index is 1.46. The molecule has 43 heavy (non-hydrogen) atoms. The van der Waals surface area contributed by atoms with Gasteiger partial charge in [-0.2, -0.15) is 10.5 Å². The summed E-state index contributed by atoms with van der Waals surface area (Å²) >= 11 is 0. The first-order valence-electron chi connectivity index (χ1n) is 14.8. The molecule has 0 amide bonds. The summed E-state index contributed by atoms with van der Waals surface area (Å²) in [5.41, 5.74) is 15.2. The number of hydrogen-bond acceptors (Lipinski definition) is 2. The monoisotopic (exact) mass is 544 g/mol. The number of rotatable bonds is 1. The minimum Gasteiger partial charge on any atom is -0.311 e. The quantitative estimate of drug-likeness (QED) is 0.210. The molecule has 5 aromatic carbocycles. The van der Waals surface area contributed by atoms with Crippen LogP contribution < -0.4 is 10.9 Å². The predicted molar refractivity (Wildman–Crippen MR) is 174 cm³/mol. The lowest BCUT2D eigenvalue weighted by atomic mass is 9.32. The van der Waals surface area contributed by atoms with E-state index in [0.29, 0.717) is 16.7 Å². The molecule has 2 aliphatic heterocycles. The van der Waals surface area contributed by atoms with Gasteiger partial charge in [-0.3, -0.25) is 0 Å². The van der Waals surface area contributed by atoms with Gasteiger partial charge in [0, 0.05) is 44.3 Å². The van der Waals surface area contributed by atoms with Gasteiger partial charge in [0.2, 0.25) is 0 Å². The third-order valence-corrected chi connectivity index (χ3v) is 9.86. The lowest BCUT2D eigenvalue weighted by Crippen LogP contribution is -2.53. The molecule has 0 spiro atoms. The van der Waals surface area contributed by atoms with Crippen molar-refractivity contribution in [3.05, 3.63) is 126 Å². The van der Waals surface area contributed by atoms with Crippen LogP contribution in [0.3, 0.4) is 0 Å². The molecular formula is C38H21BN4. The highest BCUT2D eigenvalue weighted by atomic mass is 15.0. The lowest BCUT2D eigenvalue weighted by Gasteiger charge is -2.37. The van der Waals surface area contributed by atoms with Crippen molar-refractivity contribution in [2.75, 3.05) is 0 Å². The number of fused-ring (bicyclic) bond motifs is 10. The third kappa shape index (κ3) is 2.66. The lowest BCUT2D eigenvalue weighted by molar-refractivity contribution is 0.959. The van der Waals surface area contributed by atoms with Gasteiger partial charge < -0.3 is 9.13 Å². The molecule has 0 bridgehead atoms. The highest BCUT2D eigenvalue weighted by Crippen LogP contribution is 2.46. The van der Waals surface area contributed by atoms with E-state index in [1.54, 1.807) is 6.07 Å². The smallest absolute Gasteiger partial charge is 0.251 e. The van der Waals surface area contributed by atoms with Gasteiger partial charge in [0.1, 0.15) is 0 Å². The Morgan fingerprint density at radius 1 is 0.674 bits per heavy atom. The zero-order chi connectivity index (χ0) is 28.4. The van der Waals surface area contributed by atoms with E-state index in [4.69, 9.17) is 0 Å². The molecule has 2 aromatic heterocycles. The number of nitrogens with zero attached hydrogens (tertiary/aromatic N) is 4. The van der Waals surface area contributed by atoms with Gasteiger partial charge in [-0.1, -0.05) is 66.7 Å². The fourth-order valence-electron chi connectivity index (χ4n) is 8.33. The van der Waals surface area contributed by atoms with Gasteiger partial charge in [-0.15, -0.1) is 0 Å². The standard InChI is InChI=1S/C38H21BN4/c40-20-22-8-5-9-23(21-41)35(22)24-18-33-36-34(19-24)43-32-17-4-2-11-26(32)28-13-7-15-30(38(28)43)39(36)29-14-6-12-27-25-10-1-3-16-31(25)42(33)37(27)29/h1-6,8-12,14-19H,7,13H2. The van der Waals surface area contributed by atoms with Crippen LogP contribution in [0.5, 0.6) is 0 Å². The van der Waals surface area contributed by atoms with Crippen LogP contribution in [0.25, 0.3) is 60.7 Å². The zero-order valence-electron chi connectivity index (χ0n) is 23.1. The molecule has 5 heteroatoms. The second-order valence-corrected chi connectivity index (χ2v) is 11.8. The number of aryl methyl sites for hydroxylation is 1. The maximum absolute atomic E-state index is 10.2. The predicted octanol–water partition coefficient (Wildman–Crippen LogP) is 6.94.